The van der Waals surface area contributed by atoms with Crippen LogP contribution in [-0.4, -0.2) is 24.2 Å². The Bertz CT molecular complexity index is 199. The van der Waals surface area contributed by atoms with E-state index in [-0.39, 0.29) is 17.6 Å². The number of nitrogens with one attached hydrogen (secondary N) is 1. The third-order valence-electron chi connectivity index (χ3n) is 2.67. The normalized spacial score (nSPS) is 20.2. The molecule has 1 saturated carbocycles. The zero-order chi connectivity index (χ0) is 10.6. The Morgan fingerprint density at radius 1 is 1.50 bits per heavy atom. The Labute approximate surface area is 86.2 Å². The molecular formula is C11H21NO2. The summed E-state index contributed by atoms with van der Waals surface area (Å²) >= 11 is 0. The summed E-state index contributed by atoms with van der Waals surface area (Å²) in [5.41, 5.74) is 0.201. The summed E-state index contributed by atoms with van der Waals surface area (Å²) in [4.78, 5) is 11.6. The standard InChI is InChI=1S/C11H21NO2/c1-4-6-9(10(13)14-5-2)12-11(3)7-8-11/h9,12H,4-8H2,1-3H3. The molecule has 1 rings (SSSR count). The third-order valence-corrected chi connectivity index (χ3v) is 2.67. The molecule has 1 aliphatic carbocycles. The molecule has 0 aliphatic heterocycles. The van der Waals surface area contributed by atoms with Gasteiger partial charge in [0.2, 0.25) is 0 Å². The van der Waals surface area contributed by atoms with Crippen LogP contribution in [0, 0.1) is 0 Å². The van der Waals surface area contributed by atoms with Crippen LogP contribution in [0.2, 0.25) is 0 Å². The molecule has 0 aromatic heterocycles. The average Bonchev–Trinajstić information content (AvgIpc) is 2.84. The van der Waals surface area contributed by atoms with Crippen LogP contribution >= 0.6 is 0 Å². The summed E-state index contributed by atoms with van der Waals surface area (Å²) in [6, 6.07) is -0.104. The van der Waals surface area contributed by atoms with E-state index in [0.29, 0.717) is 6.61 Å². The lowest BCUT2D eigenvalue weighted by atomic mass is 10.1. The van der Waals surface area contributed by atoms with E-state index >= 15 is 0 Å². The lowest BCUT2D eigenvalue weighted by molar-refractivity contribution is -0.146. The Kier molecular flexibility index (Phi) is 3.93. The summed E-state index contributed by atoms with van der Waals surface area (Å²) < 4.78 is 5.03. The first-order valence-electron chi connectivity index (χ1n) is 5.55. The molecule has 1 atom stereocenters. The summed E-state index contributed by atoms with van der Waals surface area (Å²) in [6.07, 6.45) is 4.22. The lowest BCUT2D eigenvalue weighted by Crippen LogP contribution is -2.44. The fourth-order valence-electron chi connectivity index (χ4n) is 1.53. The maximum atomic E-state index is 11.6. The van der Waals surface area contributed by atoms with Crippen LogP contribution in [0.4, 0.5) is 0 Å². The Morgan fingerprint density at radius 2 is 2.14 bits per heavy atom. The minimum absolute atomic E-state index is 0.0949. The number of hydrogen-bond acceptors (Lipinski definition) is 3. The second-order valence-electron chi connectivity index (χ2n) is 4.30. The molecule has 3 nitrogen and oxygen atoms in total. The minimum Gasteiger partial charge on any atom is -0.465 e. The molecule has 0 radical (unpaired) electrons. The molecule has 3 heteroatoms. The van der Waals surface area contributed by atoms with Crippen molar-refractivity contribution in [1.29, 1.82) is 0 Å². The van der Waals surface area contributed by atoms with E-state index in [2.05, 4.69) is 19.2 Å². The highest BCUT2D eigenvalue weighted by Crippen LogP contribution is 2.35. The van der Waals surface area contributed by atoms with Crippen LogP contribution in [0.15, 0.2) is 0 Å². The van der Waals surface area contributed by atoms with Crippen LogP contribution in [0.5, 0.6) is 0 Å². The maximum absolute atomic E-state index is 11.6. The van der Waals surface area contributed by atoms with Gasteiger partial charge < -0.3 is 4.74 Å². The van der Waals surface area contributed by atoms with Crippen LogP contribution < -0.4 is 5.32 Å². The van der Waals surface area contributed by atoms with Crippen LogP contribution in [0.25, 0.3) is 0 Å². The van der Waals surface area contributed by atoms with Gasteiger partial charge in [0.1, 0.15) is 6.04 Å². The molecule has 0 saturated heterocycles. The van der Waals surface area contributed by atoms with Crippen molar-refractivity contribution in [2.75, 3.05) is 6.61 Å². The molecule has 0 amide bonds. The molecular weight excluding hydrogens is 178 g/mol. The first-order valence-corrected chi connectivity index (χ1v) is 5.55. The first-order chi connectivity index (χ1) is 6.61. The Morgan fingerprint density at radius 3 is 2.57 bits per heavy atom. The minimum atomic E-state index is -0.104. The van der Waals surface area contributed by atoms with Crippen molar-refractivity contribution in [3.05, 3.63) is 0 Å². The number of hydrogen-bond donors (Lipinski definition) is 1. The molecule has 1 aliphatic rings. The van der Waals surface area contributed by atoms with E-state index in [1.54, 1.807) is 0 Å². The fourth-order valence-corrected chi connectivity index (χ4v) is 1.53. The van der Waals surface area contributed by atoms with E-state index in [9.17, 15) is 4.79 Å². The summed E-state index contributed by atoms with van der Waals surface area (Å²) in [6.45, 7) is 6.56. The highest BCUT2D eigenvalue weighted by Gasteiger charge is 2.40. The zero-order valence-electron chi connectivity index (χ0n) is 9.43. The molecule has 0 spiro atoms. The van der Waals surface area contributed by atoms with Crippen molar-refractivity contribution < 1.29 is 9.53 Å². The van der Waals surface area contributed by atoms with E-state index in [4.69, 9.17) is 4.74 Å². The van der Waals surface area contributed by atoms with Gasteiger partial charge in [-0.1, -0.05) is 13.3 Å². The molecule has 0 bridgehead atoms. The predicted molar refractivity (Wildman–Crippen MR) is 56.1 cm³/mol. The van der Waals surface area contributed by atoms with Crippen LogP contribution in [0.1, 0.15) is 46.5 Å². The van der Waals surface area contributed by atoms with Gasteiger partial charge in [0, 0.05) is 5.54 Å². The second-order valence-corrected chi connectivity index (χ2v) is 4.30. The van der Waals surface area contributed by atoms with Gasteiger partial charge >= 0.3 is 5.97 Å². The van der Waals surface area contributed by atoms with Gasteiger partial charge in [-0.15, -0.1) is 0 Å². The molecule has 0 aromatic rings. The number of ether oxygens (including phenoxy) is 1. The fraction of sp³-hybridized carbons (Fsp3) is 0.909. The maximum Gasteiger partial charge on any atom is 0.323 e. The number of carbonyl (C=O) groups is 1. The first kappa shape index (κ1) is 11.5. The molecule has 1 unspecified atom stereocenters. The van der Waals surface area contributed by atoms with Gasteiger partial charge in [-0.05, 0) is 33.1 Å². The van der Waals surface area contributed by atoms with Crippen molar-refractivity contribution in [2.24, 2.45) is 0 Å². The zero-order valence-corrected chi connectivity index (χ0v) is 9.43. The van der Waals surface area contributed by atoms with Gasteiger partial charge in [0.05, 0.1) is 6.61 Å². The smallest absolute Gasteiger partial charge is 0.323 e. The highest BCUT2D eigenvalue weighted by molar-refractivity contribution is 5.75. The quantitative estimate of drug-likeness (QED) is 0.664. The number of esters is 1. The van der Waals surface area contributed by atoms with Crippen molar-refractivity contribution in [3.8, 4) is 0 Å². The second kappa shape index (κ2) is 4.78. The summed E-state index contributed by atoms with van der Waals surface area (Å²) in [5.74, 6) is -0.0949. The van der Waals surface area contributed by atoms with Gasteiger partial charge in [0.25, 0.3) is 0 Å². The number of rotatable bonds is 6. The topological polar surface area (TPSA) is 38.3 Å². The van der Waals surface area contributed by atoms with Gasteiger partial charge in [0.15, 0.2) is 0 Å². The van der Waals surface area contributed by atoms with Gasteiger partial charge in [-0.2, -0.15) is 0 Å². The van der Waals surface area contributed by atoms with Crippen molar-refractivity contribution in [2.45, 2.75) is 58.0 Å². The molecule has 82 valence electrons. The van der Waals surface area contributed by atoms with E-state index in [0.717, 1.165) is 12.8 Å². The molecule has 1 fully saturated rings. The van der Waals surface area contributed by atoms with Crippen molar-refractivity contribution in [3.63, 3.8) is 0 Å². The molecule has 0 heterocycles. The SMILES string of the molecule is CCCC(NC1(C)CC1)C(=O)OCC. The van der Waals surface area contributed by atoms with E-state index in [1.165, 1.54) is 12.8 Å². The number of carbonyl (C=O) groups excluding carboxylic acids is 1. The average molecular weight is 199 g/mol. The molecule has 14 heavy (non-hydrogen) atoms. The Balaban J connectivity index is 2.41. The predicted octanol–water partition coefficient (Wildman–Crippen LogP) is 1.86. The molecule has 1 N–H and O–H groups in total. The van der Waals surface area contributed by atoms with Crippen molar-refractivity contribution in [1.82, 2.24) is 5.32 Å². The third kappa shape index (κ3) is 3.29. The van der Waals surface area contributed by atoms with Crippen molar-refractivity contribution >= 4 is 5.97 Å². The van der Waals surface area contributed by atoms with Gasteiger partial charge in [-0.25, -0.2) is 0 Å². The largest absolute Gasteiger partial charge is 0.465 e. The Hall–Kier alpha value is -0.570. The van der Waals surface area contributed by atoms with E-state index < -0.39 is 0 Å². The van der Waals surface area contributed by atoms with E-state index in [1.807, 2.05) is 6.92 Å². The lowest BCUT2D eigenvalue weighted by Gasteiger charge is -2.20. The monoisotopic (exact) mass is 199 g/mol. The van der Waals surface area contributed by atoms with Gasteiger partial charge in [-0.3, -0.25) is 10.1 Å². The summed E-state index contributed by atoms with van der Waals surface area (Å²) in [5, 5.41) is 3.38. The highest BCUT2D eigenvalue weighted by atomic mass is 16.5. The van der Waals surface area contributed by atoms with Crippen LogP contribution in [-0.2, 0) is 9.53 Å². The summed E-state index contributed by atoms with van der Waals surface area (Å²) in [7, 11) is 0. The molecule has 0 aromatic carbocycles. The van der Waals surface area contributed by atoms with Crippen LogP contribution in [0.3, 0.4) is 0 Å².